The molecule has 0 fully saturated rings. The Morgan fingerprint density at radius 1 is 1.33 bits per heavy atom. The van der Waals surface area contributed by atoms with Gasteiger partial charge in [0.2, 0.25) is 0 Å². The Morgan fingerprint density at radius 3 is 2.67 bits per heavy atom. The van der Waals surface area contributed by atoms with E-state index >= 15 is 0 Å². The van der Waals surface area contributed by atoms with E-state index in [1.54, 1.807) is 6.07 Å². The summed E-state index contributed by atoms with van der Waals surface area (Å²) in [6.45, 7) is 6.06. The van der Waals surface area contributed by atoms with Crippen LogP contribution in [0.5, 0.6) is 0 Å². The lowest BCUT2D eigenvalue weighted by Gasteiger charge is -2.24. The van der Waals surface area contributed by atoms with Crippen LogP contribution >= 0.6 is 15.9 Å². The largest absolute Gasteiger partial charge is 0.396 e. The number of benzene rings is 1. The van der Waals surface area contributed by atoms with Crippen molar-refractivity contribution in [1.29, 1.82) is 0 Å². The molecule has 0 spiro atoms. The van der Waals surface area contributed by atoms with Crippen molar-refractivity contribution >= 4 is 15.9 Å². The fraction of sp³-hybridized carbons (Fsp3) is 0.571. The molecule has 4 heteroatoms. The van der Waals surface area contributed by atoms with Gasteiger partial charge in [-0.05, 0) is 42.0 Å². The maximum atomic E-state index is 13.2. The zero-order valence-electron chi connectivity index (χ0n) is 11.0. The van der Waals surface area contributed by atoms with Gasteiger partial charge in [-0.2, -0.15) is 0 Å². The normalized spacial score (nSPS) is 11.8. The van der Waals surface area contributed by atoms with E-state index in [2.05, 4.69) is 35.1 Å². The number of nitrogens with one attached hydrogen (secondary N) is 1. The molecule has 0 saturated carbocycles. The van der Waals surface area contributed by atoms with Gasteiger partial charge in [-0.25, -0.2) is 4.39 Å². The summed E-state index contributed by atoms with van der Waals surface area (Å²) in [4.78, 5) is 0. The van der Waals surface area contributed by atoms with Crippen molar-refractivity contribution < 1.29 is 9.50 Å². The molecule has 0 unspecified atom stereocenters. The summed E-state index contributed by atoms with van der Waals surface area (Å²) in [6, 6.07) is 4.91. The third kappa shape index (κ3) is 5.94. The van der Waals surface area contributed by atoms with Crippen molar-refractivity contribution in [3.63, 3.8) is 0 Å². The molecule has 0 radical (unpaired) electrons. The van der Waals surface area contributed by atoms with Crippen LogP contribution in [0.15, 0.2) is 22.7 Å². The fourth-order valence-corrected chi connectivity index (χ4v) is 2.42. The van der Waals surface area contributed by atoms with Gasteiger partial charge < -0.3 is 10.4 Å². The Kier molecular flexibility index (Phi) is 6.26. The first kappa shape index (κ1) is 15.6. The highest BCUT2D eigenvalue weighted by atomic mass is 79.9. The zero-order valence-corrected chi connectivity index (χ0v) is 12.6. The lowest BCUT2D eigenvalue weighted by atomic mass is 9.88. The quantitative estimate of drug-likeness (QED) is 0.807. The van der Waals surface area contributed by atoms with Crippen molar-refractivity contribution in [2.75, 3.05) is 13.2 Å². The molecule has 0 aromatic heterocycles. The van der Waals surface area contributed by atoms with E-state index in [1.165, 1.54) is 6.07 Å². The molecule has 0 saturated heterocycles. The first-order valence-electron chi connectivity index (χ1n) is 6.19. The summed E-state index contributed by atoms with van der Waals surface area (Å²) >= 11 is 3.28. The van der Waals surface area contributed by atoms with Crippen LogP contribution in [0, 0.1) is 11.2 Å². The van der Waals surface area contributed by atoms with Gasteiger partial charge in [-0.15, -0.1) is 0 Å². The minimum Gasteiger partial charge on any atom is -0.396 e. The van der Waals surface area contributed by atoms with Crippen LogP contribution in [-0.4, -0.2) is 18.3 Å². The summed E-state index contributed by atoms with van der Waals surface area (Å²) in [5, 5.41) is 12.2. The minimum absolute atomic E-state index is 0.146. The van der Waals surface area contributed by atoms with Crippen LogP contribution in [0.2, 0.25) is 0 Å². The van der Waals surface area contributed by atoms with Crippen molar-refractivity contribution in [2.24, 2.45) is 5.41 Å². The number of aliphatic hydroxyl groups excluding tert-OH is 1. The van der Waals surface area contributed by atoms with E-state index in [9.17, 15) is 4.39 Å². The van der Waals surface area contributed by atoms with Gasteiger partial charge in [0.1, 0.15) is 5.82 Å². The van der Waals surface area contributed by atoms with Gasteiger partial charge >= 0.3 is 0 Å². The molecule has 0 heterocycles. The Balaban J connectivity index is 2.41. The third-order valence-corrected chi connectivity index (χ3v) is 3.32. The second-order valence-corrected chi connectivity index (χ2v) is 6.29. The van der Waals surface area contributed by atoms with E-state index in [-0.39, 0.29) is 17.8 Å². The molecule has 18 heavy (non-hydrogen) atoms. The van der Waals surface area contributed by atoms with Crippen molar-refractivity contribution in [3.05, 3.63) is 34.1 Å². The van der Waals surface area contributed by atoms with Crippen LogP contribution in [0.4, 0.5) is 4.39 Å². The Bertz CT molecular complexity index is 362. The Morgan fingerprint density at radius 2 is 2.06 bits per heavy atom. The number of halogens is 2. The zero-order chi connectivity index (χ0) is 13.6. The summed E-state index contributed by atoms with van der Waals surface area (Å²) in [6.07, 6.45) is 1.80. The van der Waals surface area contributed by atoms with E-state index in [1.807, 2.05) is 6.07 Å². The molecule has 0 aliphatic heterocycles. The van der Waals surface area contributed by atoms with Crippen LogP contribution < -0.4 is 5.32 Å². The predicted molar refractivity (Wildman–Crippen MR) is 75.9 cm³/mol. The Hall–Kier alpha value is -0.450. The number of hydrogen-bond acceptors (Lipinski definition) is 2. The second kappa shape index (κ2) is 7.22. The molecule has 0 bridgehead atoms. The summed E-state index contributed by atoms with van der Waals surface area (Å²) in [7, 11) is 0. The lowest BCUT2D eigenvalue weighted by molar-refractivity contribution is 0.236. The molecular weight excluding hydrogens is 297 g/mol. The molecule has 0 aliphatic carbocycles. The van der Waals surface area contributed by atoms with Gasteiger partial charge in [0, 0.05) is 24.2 Å². The molecule has 1 rings (SSSR count). The maximum Gasteiger partial charge on any atom is 0.124 e. The van der Waals surface area contributed by atoms with Crippen LogP contribution in [0.1, 0.15) is 32.3 Å². The fourth-order valence-electron chi connectivity index (χ4n) is 1.90. The lowest BCUT2D eigenvalue weighted by Crippen LogP contribution is -2.29. The topological polar surface area (TPSA) is 32.3 Å². The summed E-state index contributed by atoms with van der Waals surface area (Å²) in [5.74, 6) is -0.222. The maximum absolute atomic E-state index is 13.2. The van der Waals surface area contributed by atoms with Gasteiger partial charge in [0.25, 0.3) is 0 Å². The SMILES string of the molecule is CC(C)(CCCO)CNCc1cc(F)cc(Br)c1. The molecule has 0 atom stereocenters. The number of hydrogen-bond donors (Lipinski definition) is 2. The monoisotopic (exact) mass is 317 g/mol. The summed E-state index contributed by atoms with van der Waals surface area (Å²) < 4.78 is 13.9. The van der Waals surface area contributed by atoms with Gasteiger partial charge in [-0.3, -0.25) is 0 Å². The smallest absolute Gasteiger partial charge is 0.124 e. The van der Waals surface area contributed by atoms with Crippen LogP contribution in [-0.2, 0) is 6.54 Å². The molecule has 0 amide bonds. The van der Waals surface area contributed by atoms with Crippen molar-refractivity contribution in [3.8, 4) is 0 Å². The first-order chi connectivity index (χ1) is 8.43. The van der Waals surface area contributed by atoms with Crippen LogP contribution in [0.3, 0.4) is 0 Å². The Labute approximate surface area is 117 Å². The van der Waals surface area contributed by atoms with Crippen LogP contribution in [0.25, 0.3) is 0 Å². The second-order valence-electron chi connectivity index (χ2n) is 5.37. The average molecular weight is 318 g/mol. The molecule has 2 nitrogen and oxygen atoms in total. The molecule has 1 aromatic rings. The van der Waals surface area contributed by atoms with E-state index in [0.717, 1.165) is 29.4 Å². The van der Waals surface area contributed by atoms with E-state index in [0.29, 0.717) is 6.54 Å². The van der Waals surface area contributed by atoms with Crippen molar-refractivity contribution in [2.45, 2.75) is 33.2 Å². The average Bonchev–Trinajstić information content (AvgIpc) is 2.25. The van der Waals surface area contributed by atoms with Gasteiger partial charge in [0.15, 0.2) is 0 Å². The number of aliphatic hydroxyl groups is 1. The third-order valence-electron chi connectivity index (χ3n) is 2.87. The van der Waals surface area contributed by atoms with E-state index in [4.69, 9.17) is 5.11 Å². The molecule has 1 aromatic carbocycles. The van der Waals surface area contributed by atoms with Crippen molar-refractivity contribution in [1.82, 2.24) is 5.32 Å². The molecular formula is C14H21BrFNO. The standard InChI is InChI=1S/C14H21BrFNO/c1-14(2,4-3-5-18)10-17-9-11-6-12(15)8-13(16)7-11/h6-8,17-18H,3-5,9-10H2,1-2H3. The molecule has 0 aliphatic rings. The molecule has 2 N–H and O–H groups in total. The van der Waals surface area contributed by atoms with E-state index < -0.39 is 0 Å². The highest BCUT2D eigenvalue weighted by Gasteiger charge is 2.16. The molecule has 102 valence electrons. The predicted octanol–water partition coefficient (Wildman–Crippen LogP) is 3.48. The number of rotatable bonds is 7. The van der Waals surface area contributed by atoms with Gasteiger partial charge in [0.05, 0.1) is 0 Å². The summed E-state index contributed by atoms with van der Waals surface area (Å²) in [5.41, 5.74) is 1.08. The highest BCUT2D eigenvalue weighted by Crippen LogP contribution is 2.21. The highest BCUT2D eigenvalue weighted by molar-refractivity contribution is 9.10. The van der Waals surface area contributed by atoms with Gasteiger partial charge in [-0.1, -0.05) is 29.8 Å². The minimum atomic E-state index is -0.222. The first-order valence-corrected chi connectivity index (χ1v) is 6.99.